The van der Waals surface area contributed by atoms with Crippen LogP contribution in [0.3, 0.4) is 0 Å². The number of nitrogens with zero attached hydrogens (tertiary/aromatic N) is 1. The lowest BCUT2D eigenvalue weighted by Gasteiger charge is -2.34. The topological polar surface area (TPSA) is 46.3 Å². The number of halogens is 1. The second-order valence-corrected chi connectivity index (χ2v) is 5.95. The molecule has 3 nitrogen and oxygen atoms in total. The van der Waals surface area contributed by atoms with Crippen molar-refractivity contribution in [1.29, 1.82) is 0 Å². The van der Waals surface area contributed by atoms with Crippen molar-refractivity contribution in [3.05, 3.63) is 35.1 Å². The van der Waals surface area contributed by atoms with E-state index < -0.39 is 0 Å². The molecule has 1 saturated carbocycles. The van der Waals surface area contributed by atoms with E-state index in [0.717, 1.165) is 24.8 Å². The summed E-state index contributed by atoms with van der Waals surface area (Å²) in [7, 11) is 0. The third kappa shape index (κ3) is 4.27. The minimum atomic E-state index is -0.347. The fourth-order valence-corrected chi connectivity index (χ4v) is 3.13. The van der Waals surface area contributed by atoms with Gasteiger partial charge in [0.2, 0.25) is 0 Å². The molecule has 0 aliphatic heterocycles. The van der Waals surface area contributed by atoms with Crippen molar-refractivity contribution in [3.8, 4) is 0 Å². The van der Waals surface area contributed by atoms with Crippen molar-refractivity contribution in [2.75, 3.05) is 13.1 Å². The molecule has 0 radical (unpaired) electrons. The van der Waals surface area contributed by atoms with Crippen molar-refractivity contribution >= 4 is 5.91 Å². The molecule has 4 heteroatoms. The highest BCUT2D eigenvalue weighted by Crippen LogP contribution is 2.24. The van der Waals surface area contributed by atoms with Crippen molar-refractivity contribution in [1.82, 2.24) is 4.90 Å². The van der Waals surface area contributed by atoms with Gasteiger partial charge in [-0.15, -0.1) is 0 Å². The molecule has 1 aliphatic carbocycles. The first-order valence-corrected chi connectivity index (χ1v) is 7.90. The van der Waals surface area contributed by atoms with Gasteiger partial charge >= 0.3 is 0 Å². The fourth-order valence-electron chi connectivity index (χ4n) is 3.13. The van der Waals surface area contributed by atoms with Gasteiger partial charge in [-0.05, 0) is 56.5 Å². The maximum absolute atomic E-state index is 13.6. The molecule has 0 bridgehead atoms. The van der Waals surface area contributed by atoms with E-state index in [2.05, 4.69) is 0 Å². The molecule has 1 aliphatic rings. The Labute approximate surface area is 126 Å². The Balaban J connectivity index is 2.19. The summed E-state index contributed by atoms with van der Waals surface area (Å²) in [6, 6.07) is 4.83. The fraction of sp³-hybridized carbons (Fsp3) is 0.588. The quantitative estimate of drug-likeness (QED) is 0.905. The maximum atomic E-state index is 13.6. The first kappa shape index (κ1) is 16.0. The van der Waals surface area contributed by atoms with Gasteiger partial charge < -0.3 is 10.6 Å². The van der Waals surface area contributed by atoms with Gasteiger partial charge in [0.1, 0.15) is 5.82 Å². The van der Waals surface area contributed by atoms with Gasteiger partial charge in [0, 0.05) is 18.2 Å². The van der Waals surface area contributed by atoms with E-state index >= 15 is 0 Å². The zero-order valence-electron chi connectivity index (χ0n) is 12.8. The normalized spacial score (nSPS) is 16.0. The monoisotopic (exact) mass is 292 g/mol. The second kappa shape index (κ2) is 7.55. The number of amides is 1. The van der Waals surface area contributed by atoms with Gasteiger partial charge in [-0.1, -0.05) is 19.3 Å². The molecule has 1 fully saturated rings. The molecule has 0 saturated heterocycles. The van der Waals surface area contributed by atoms with Gasteiger partial charge in [-0.3, -0.25) is 4.79 Å². The average molecular weight is 292 g/mol. The molecule has 0 spiro atoms. The van der Waals surface area contributed by atoms with E-state index in [0.29, 0.717) is 18.7 Å². The van der Waals surface area contributed by atoms with Crippen LogP contribution in [0, 0.1) is 12.7 Å². The summed E-state index contributed by atoms with van der Waals surface area (Å²) >= 11 is 0. The van der Waals surface area contributed by atoms with Crippen LogP contribution in [0.15, 0.2) is 18.2 Å². The Morgan fingerprint density at radius 3 is 2.62 bits per heavy atom. The number of carbonyl (C=O) groups is 1. The summed E-state index contributed by atoms with van der Waals surface area (Å²) in [6.45, 7) is 3.04. The van der Waals surface area contributed by atoms with Gasteiger partial charge in [-0.2, -0.15) is 0 Å². The Bertz CT molecular complexity index is 463. The van der Waals surface area contributed by atoms with Crippen molar-refractivity contribution in [2.24, 2.45) is 5.73 Å². The van der Waals surface area contributed by atoms with Gasteiger partial charge in [-0.25, -0.2) is 4.39 Å². The zero-order chi connectivity index (χ0) is 15.2. The van der Waals surface area contributed by atoms with E-state index in [4.69, 9.17) is 5.73 Å². The maximum Gasteiger partial charge on any atom is 0.254 e. The minimum absolute atomic E-state index is 0.0575. The summed E-state index contributed by atoms with van der Waals surface area (Å²) in [6.07, 6.45) is 6.46. The van der Waals surface area contributed by atoms with Crippen LogP contribution in [0.25, 0.3) is 0 Å². The van der Waals surface area contributed by atoms with Gasteiger partial charge in [0.15, 0.2) is 0 Å². The number of aryl methyl sites for hydroxylation is 1. The Kier molecular flexibility index (Phi) is 5.74. The molecule has 0 aromatic heterocycles. The van der Waals surface area contributed by atoms with Crippen LogP contribution in [0.4, 0.5) is 4.39 Å². The first-order valence-electron chi connectivity index (χ1n) is 7.90. The van der Waals surface area contributed by atoms with E-state index in [9.17, 15) is 9.18 Å². The second-order valence-electron chi connectivity index (χ2n) is 5.95. The summed E-state index contributed by atoms with van der Waals surface area (Å²) in [5, 5.41) is 0. The van der Waals surface area contributed by atoms with Crippen LogP contribution in [-0.2, 0) is 0 Å². The van der Waals surface area contributed by atoms with Crippen LogP contribution in [0.2, 0.25) is 0 Å². The van der Waals surface area contributed by atoms with E-state index in [-0.39, 0.29) is 17.8 Å². The smallest absolute Gasteiger partial charge is 0.254 e. The third-order valence-electron chi connectivity index (χ3n) is 4.17. The first-order chi connectivity index (χ1) is 10.1. The number of hydrogen-bond donors (Lipinski definition) is 1. The standard InChI is InChI=1S/C17H25FN2O/c1-13-10-14(12-15(18)11-13)17(21)20(9-5-8-19)16-6-3-2-4-7-16/h10-12,16H,2-9,19H2,1H3. The Morgan fingerprint density at radius 2 is 2.00 bits per heavy atom. The van der Waals surface area contributed by atoms with E-state index in [1.54, 1.807) is 6.07 Å². The molecule has 0 heterocycles. The van der Waals surface area contributed by atoms with Crippen molar-refractivity contribution in [3.63, 3.8) is 0 Å². The Hall–Kier alpha value is -1.42. The van der Waals surface area contributed by atoms with Crippen LogP contribution < -0.4 is 5.73 Å². The Morgan fingerprint density at radius 1 is 1.29 bits per heavy atom. The lowest BCUT2D eigenvalue weighted by molar-refractivity contribution is 0.0632. The molecule has 1 amide bonds. The minimum Gasteiger partial charge on any atom is -0.336 e. The highest BCUT2D eigenvalue weighted by atomic mass is 19.1. The molecule has 21 heavy (non-hydrogen) atoms. The highest BCUT2D eigenvalue weighted by Gasteiger charge is 2.26. The van der Waals surface area contributed by atoms with Crippen LogP contribution in [-0.4, -0.2) is 29.9 Å². The number of carbonyl (C=O) groups excluding carboxylic acids is 1. The summed E-state index contributed by atoms with van der Waals surface area (Å²) in [5.41, 5.74) is 6.83. The van der Waals surface area contributed by atoms with Crippen molar-refractivity contribution < 1.29 is 9.18 Å². The molecule has 2 rings (SSSR count). The molecule has 0 unspecified atom stereocenters. The van der Waals surface area contributed by atoms with Crippen LogP contribution in [0.1, 0.15) is 54.4 Å². The molecule has 2 N–H and O–H groups in total. The lowest BCUT2D eigenvalue weighted by atomic mass is 9.93. The largest absolute Gasteiger partial charge is 0.336 e. The van der Waals surface area contributed by atoms with Gasteiger partial charge in [0.25, 0.3) is 5.91 Å². The van der Waals surface area contributed by atoms with E-state index in [1.807, 2.05) is 11.8 Å². The average Bonchev–Trinajstić information content (AvgIpc) is 2.47. The molecule has 116 valence electrons. The molecule has 1 aromatic rings. The third-order valence-corrected chi connectivity index (χ3v) is 4.17. The predicted octanol–water partition coefficient (Wildman–Crippen LogP) is 3.26. The molecule has 1 aromatic carbocycles. The van der Waals surface area contributed by atoms with Crippen molar-refractivity contribution in [2.45, 2.75) is 51.5 Å². The summed E-state index contributed by atoms with van der Waals surface area (Å²) in [4.78, 5) is 14.7. The van der Waals surface area contributed by atoms with Gasteiger partial charge in [0.05, 0.1) is 0 Å². The zero-order valence-corrected chi connectivity index (χ0v) is 12.8. The SMILES string of the molecule is Cc1cc(F)cc(C(=O)N(CCCN)C2CCCCC2)c1. The number of rotatable bonds is 5. The summed E-state index contributed by atoms with van der Waals surface area (Å²) in [5.74, 6) is -0.404. The lowest BCUT2D eigenvalue weighted by Crippen LogP contribution is -2.42. The summed E-state index contributed by atoms with van der Waals surface area (Å²) < 4.78 is 13.6. The van der Waals surface area contributed by atoms with Crippen LogP contribution in [0.5, 0.6) is 0 Å². The molecule has 0 atom stereocenters. The highest BCUT2D eigenvalue weighted by molar-refractivity contribution is 5.94. The molecular formula is C17H25FN2O. The van der Waals surface area contributed by atoms with E-state index in [1.165, 1.54) is 31.4 Å². The number of benzene rings is 1. The number of nitrogens with two attached hydrogens (primary N) is 1. The number of hydrogen-bond acceptors (Lipinski definition) is 2. The molecular weight excluding hydrogens is 267 g/mol. The van der Waals surface area contributed by atoms with Crippen LogP contribution >= 0.6 is 0 Å². The predicted molar refractivity (Wildman–Crippen MR) is 82.7 cm³/mol.